The number of aliphatic carboxylic acids is 1. The number of ether oxygens (including phenoxy) is 3. The Morgan fingerprint density at radius 3 is 1.91 bits per heavy atom. The van der Waals surface area contributed by atoms with Crippen molar-refractivity contribution in [2.45, 2.75) is 54.0 Å². The van der Waals surface area contributed by atoms with Gasteiger partial charge >= 0.3 is 18.1 Å². The summed E-state index contributed by atoms with van der Waals surface area (Å²) in [6.07, 6.45) is -3.39. The van der Waals surface area contributed by atoms with Crippen molar-refractivity contribution in [3.63, 3.8) is 0 Å². The molecule has 0 aliphatic carbocycles. The minimum Gasteiger partial charge on any atom is -0.542 e. The summed E-state index contributed by atoms with van der Waals surface area (Å²) in [6.45, 7) is 1.42. The number of amides is 2. The highest BCUT2D eigenvalue weighted by Crippen LogP contribution is 2.44. The van der Waals surface area contributed by atoms with Crippen molar-refractivity contribution in [1.82, 2.24) is 24.8 Å². The lowest BCUT2D eigenvalue weighted by Crippen LogP contribution is -2.71. The number of carboxylic acid groups (broad SMARTS) is 1. The van der Waals surface area contributed by atoms with Crippen LogP contribution in [0.2, 0.25) is 0 Å². The predicted octanol–water partition coefficient (Wildman–Crippen LogP) is 9.20. The van der Waals surface area contributed by atoms with E-state index in [1.807, 2.05) is 193 Å². The number of esters is 2. The number of oxime groups is 1. The number of halogens is 3. The first kappa shape index (κ1) is 63.2. The van der Waals surface area contributed by atoms with Gasteiger partial charge in [-0.2, -0.15) is 13.2 Å². The second-order valence-corrected chi connectivity index (χ2v) is 23.4. The molecule has 0 saturated carbocycles. The summed E-state index contributed by atoms with van der Waals surface area (Å²) in [5.41, 5.74) is 6.36. The van der Waals surface area contributed by atoms with Gasteiger partial charge in [0.15, 0.2) is 40.0 Å². The molecule has 3 atom stereocenters. The van der Waals surface area contributed by atoms with Crippen LogP contribution in [-0.2, 0) is 64.5 Å². The number of imidazole rings is 1. The number of nitrogens with one attached hydrogen (secondary N) is 2. The SMILES string of the molecule is COc1ccc(COC(=O)C2=C(CSc3nc4c[n+](C)ccc4n3C)CS[C@H]3C(NC(=O)/C(=N\O[C@@H](C)C(=O)OC(c4ccccc4)c4ccccc4)c4csc(NC(c5ccccc5)(c5ccccc5)c5ccccc5)n4)C(=O)N23)cc1.O=C([O-])C(F)(F)F. The number of carboxylic acids is 1. The molecule has 9 aromatic rings. The molecule has 2 N–H and O–H groups in total. The van der Waals surface area contributed by atoms with Gasteiger partial charge in [0.25, 0.3) is 11.8 Å². The Labute approximate surface area is 527 Å². The number of aromatic nitrogens is 4. The number of β-lactam (4-membered cyclic amide) rings is 1. The van der Waals surface area contributed by atoms with Gasteiger partial charge in [-0.05, 0) is 58.0 Å². The van der Waals surface area contributed by atoms with Crippen LogP contribution in [0.1, 0.15) is 52.1 Å². The molecule has 0 bridgehead atoms. The number of alkyl halides is 3. The Kier molecular flexibility index (Phi) is 19.8. The van der Waals surface area contributed by atoms with Gasteiger partial charge in [0.1, 0.15) is 53.7 Å². The fourth-order valence-electron chi connectivity index (χ4n) is 10.00. The number of carbonyl (C=O) groups is 5. The number of hydrogen-bond donors (Lipinski definition) is 2. The molecular weight excluding hydrogens is 1220 g/mol. The summed E-state index contributed by atoms with van der Waals surface area (Å²) in [5, 5.41) is 21.9. The van der Waals surface area contributed by atoms with E-state index in [1.54, 1.807) is 36.8 Å². The molecule has 11 rings (SSSR count). The molecule has 1 fully saturated rings. The second kappa shape index (κ2) is 28.1. The van der Waals surface area contributed by atoms with Gasteiger partial charge in [0, 0.05) is 30.0 Å². The lowest BCUT2D eigenvalue weighted by Gasteiger charge is -2.49. The summed E-state index contributed by atoms with van der Waals surface area (Å²) in [6, 6.07) is 56.7. The number of anilines is 1. The Bertz CT molecular complexity index is 3950. The van der Waals surface area contributed by atoms with E-state index in [9.17, 15) is 27.6 Å². The van der Waals surface area contributed by atoms with E-state index in [0.29, 0.717) is 28.0 Å². The average Bonchev–Trinajstić information content (AvgIpc) is 0.879. The second-order valence-electron chi connectivity index (χ2n) is 20.5. The minimum absolute atomic E-state index is 0.0624. The fraction of sp³-hybridized carbons (Fsp3) is 0.197. The number of benzene rings is 6. The number of hydrogen-bond acceptors (Lipinski definition) is 17. The molecule has 5 heterocycles. The molecule has 3 aromatic heterocycles. The standard InChI is InChI=1S/C64H56N8O8S3.C2HF3O2/c1-41(60(75)79-56(43-20-10-5-11-21-43)44-22-12-6-13-23-44)80-69-53(51-40-82-62(65-51)68-64(46-24-14-7-15-25-46,47-26-16-8-17-27-47)48-28-18-9-19-29-48)57(73)67-54-58(74)72-55(61(76)78-37-42-30-32-49(77-4)33-31-42)45(38-81-59(54)72)39-83-63-66-50-36-70(2)35-34-52(50)71(63)3;3-2(4,5)1(6)7/h5-36,40-41,54,56,59H,37-39H2,1-4H3,(H-,65,67,68,73);(H,6,7)/b69-53-;/t41-,54?,59-;/m0./s1. The summed E-state index contributed by atoms with van der Waals surface area (Å²) in [7, 11) is 5.44. The van der Waals surface area contributed by atoms with E-state index in [4.69, 9.17) is 38.9 Å². The third-order valence-electron chi connectivity index (χ3n) is 14.5. The first-order valence-electron chi connectivity index (χ1n) is 27.9. The van der Waals surface area contributed by atoms with Crippen LogP contribution >= 0.6 is 34.9 Å². The van der Waals surface area contributed by atoms with Gasteiger partial charge < -0.3 is 44.1 Å². The first-order chi connectivity index (χ1) is 43.4. The number of rotatable bonds is 21. The fourth-order valence-corrected chi connectivity index (χ4v) is 13.2. The molecule has 2 aliphatic heterocycles. The maximum Gasteiger partial charge on any atom is 0.430 e. The average molecular weight is 1280 g/mol. The Morgan fingerprint density at radius 1 is 0.811 bits per heavy atom. The zero-order valence-electron chi connectivity index (χ0n) is 48.6. The summed E-state index contributed by atoms with van der Waals surface area (Å²) in [5.74, 6) is -4.47. The van der Waals surface area contributed by atoms with Gasteiger partial charge in [0.05, 0.1) is 12.6 Å². The number of thiazole rings is 1. The van der Waals surface area contributed by atoms with Crippen LogP contribution in [0.3, 0.4) is 0 Å². The van der Waals surface area contributed by atoms with Gasteiger partial charge in [0.2, 0.25) is 6.10 Å². The molecule has 1 unspecified atom stereocenters. The van der Waals surface area contributed by atoms with Gasteiger partial charge in [-0.3, -0.25) is 14.5 Å². The van der Waals surface area contributed by atoms with Crippen molar-refractivity contribution in [2.24, 2.45) is 19.3 Å². The van der Waals surface area contributed by atoms with Crippen LogP contribution < -0.4 is 25.0 Å². The van der Waals surface area contributed by atoms with Crippen LogP contribution in [-0.4, -0.2) is 97.2 Å². The molecule has 2 aliphatic rings. The van der Waals surface area contributed by atoms with Crippen LogP contribution in [0.15, 0.2) is 221 Å². The van der Waals surface area contributed by atoms with E-state index in [1.165, 1.54) is 46.7 Å². The van der Waals surface area contributed by atoms with Crippen molar-refractivity contribution >= 4 is 86.5 Å². The summed E-state index contributed by atoms with van der Waals surface area (Å²) < 4.78 is 52.9. The molecule has 24 heteroatoms. The highest BCUT2D eigenvalue weighted by molar-refractivity contribution is 8.01. The van der Waals surface area contributed by atoms with Crippen LogP contribution in [0.5, 0.6) is 5.75 Å². The van der Waals surface area contributed by atoms with Gasteiger partial charge in [-0.25, -0.2) is 24.1 Å². The van der Waals surface area contributed by atoms with Crippen molar-refractivity contribution in [1.29, 1.82) is 0 Å². The third kappa shape index (κ3) is 14.2. The monoisotopic (exact) mass is 1270 g/mol. The molecule has 460 valence electrons. The number of carbonyl (C=O) groups excluding carboxylic acids is 5. The number of fused-ring (bicyclic) bond motifs is 2. The lowest BCUT2D eigenvalue weighted by molar-refractivity contribution is -0.670. The number of pyridine rings is 1. The highest BCUT2D eigenvalue weighted by atomic mass is 32.2. The van der Waals surface area contributed by atoms with Gasteiger partial charge in [-0.15, -0.1) is 23.1 Å². The topological polar surface area (TPSA) is 220 Å². The van der Waals surface area contributed by atoms with Crippen molar-refractivity contribution in [3.05, 3.63) is 250 Å². The smallest absolute Gasteiger partial charge is 0.430 e. The number of aryl methyl sites for hydroxylation is 2. The van der Waals surface area contributed by atoms with Crippen molar-refractivity contribution in [2.75, 3.05) is 23.9 Å². The Balaban J connectivity index is 0.00000120. The maximum atomic E-state index is 15.0. The van der Waals surface area contributed by atoms with Crippen LogP contribution in [0.25, 0.3) is 11.0 Å². The Morgan fingerprint density at radius 2 is 1.37 bits per heavy atom. The van der Waals surface area contributed by atoms with Crippen LogP contribution in [0, 0.1) is 0 Å². The lowest BCUT2D eigenvalue weighted by atomic mass is 9.77. The van der Waals surface area contributed by atoms with Crippen LogP contribution in [0.4, 0.5) is 18.3 Å². The maximum absolute atomic E-state index is 15.0. The molecule has 0 radical (unpaired) electrons. The summed E-state index contributed by atoms with van der Waals surface area (Å²) >= 11 is 4.09. The van der Waals surface area contributed by atoms with E-state index < -0.39 is 65.1 Å². The van der Waals surface area contributed by atoms with E-state index in [-0.39, 0.29) is 23.7 Å². The summed E-state index contributed by atoms with van der Waals surface area (Å²) in [4.78, 5) is 84.2. The number of nitrogens with zero attached hydrogens (tertiary/aromatic N) is 6. The molecule has 0 spiro atoms. The first-order valence-corrected chi connectivity index (χ1v) is 30.8. The minimum atomic E-state index is -5.19. The predicted molar refractivity (Wildman–Crippen MR) is 331 cm³/mol. The molecule has 6 aromatic carbocycles. The molecule has 18 nitrogen and oxygen atoms in total. The molecule has 90 heavy (non-hydrogen) atoms. The number of thioether (sulfide) groups is 2. The normalized spacial score (nSPS) is 15.2. The zero-order valence-corrected chi connectivity index (χ0v) is 51.1. The highest BCUT2D eigenvalue weighted by Gasteiger charge is 2.55. The van der Waals surface area contributed by atoms with Crippen molar-refractivity contribution in [3.8, 4) is 5.75 Å². The van der Waals surface area contributed by atoms with E-state index >= 15 is 4.79 Å². The third-order valence-corrected chi connectivity index (χ3v) is 17.7. The van der Waals surface area contributed by atoms with E-state index in [2.05, 4.69) is 15.8 Å². The molecular formula is C66H57F3N8O10S3. The largest absolute Gasteiger partial charge is 0.542 e. The zero-order chi connectivity index (χ0) is 63.5. The quantitative estimate of drug-likeness (QED) is 0.0130. The molecule has 2 amide bonds. The number of methoxy groups -OCH3 is 1. The van der Waals surface area contributed by atoms with Crippen molar-refractivity contribution < 1.29 is 65.9 Å². The molecule has 1 saturated heterocycles. The van der Waals surface area contributed by atoms with Gasteiger partial charge in [-0.1, -0.05) is 181 Å². The van der Waals surface area contributed by atoms with E-state index in [0.717, 1.165) is 49.6 Å². The Hall–Kier alpha value is -9.78.